The third kappa shape index (κ3) is 6.51. The number of hydrogen-bond donors (Lipinski definition) is 1. The van der Waals surface area contributed by atoms with E-state index in [1.807, 2.05) is 6.07 Å². The molecule has 5 nitrogen and oxygen atoms in total. The number of hydrogen-bond acceptors (Lipinski definition) is 4. The van der Waals surface area contributed by atoms with E-state index in [0.717, 1.165) is 100 Å². The van der Waals surface area contributed by atoms with E-state index in [2.05, 4.69) is 219 Å². The number of rotatable bonds is 4. The Balaban J connectivity index is 1.17. The number of anilines is 2. The summed E-state index contributed by atoms with van der Waals surface area (Å²) in [5.74, 6) is 1.75. The molecule has 6 heteroatoms. The highest BCUT2D eigenvalue weighted by Gasteiger charge is 2.35. The Morgan fingerprint density at radius 1 is 0.551 bits per heavy atom. The maximum absolute atomic E-state index is 6.87. The second-order valence-corrected chi connectivity index (χ2v) is 22.4. The van der Waals surface area contributed by atoms with Gasteiger partial charge in [-0.2, -0.15) is 0 Å². The molecule has 2 aliphatic heterocycles. The van der Waals surface area contributed by atoms with Crippen LogP contribution in [0.15, 0.2) is 154 Å². The van der Waals surface area contributed by atoms with Crippen LogP contribution in [0.25, 0.3) is 94.0 Å². The monoisotopic (exact) mass is 897 g/mol. The van der Waals surface area contributed by atoms with E-state index in [4.69, 9.17) is 13.6 Å². The molecule has 0 amide bonds. The van der Waals surface area contributed by atoms with E-state index in [0.29, 0.717) is 6.61 Å². The molecule has 0 bridgehead atoms. The van der Waals surface area contributed by atoms with Crippen LogP contribution in [-0.4, -0.2) is 11.8 Å². The third-order valence-corrected chi connectivity index (χ3v) is 14.8. The molecule has 13 rings (SSSR count). The molecule has 0 saturated heterocycles. The number of nitrogens with zero attached hydrogens (tertiary/aromatic N) is 1. The first-order valence-corrected chi connectivity index (χ1v) is 24.3. The summed E-state index contributed by atoms with van der Waals surface area (Å²) in [4.78, 5) is 0. The van der Waals surface area contributed by atoms with Gasteiger partial charge in [-0.3, -0.25) is 0 Å². The number of fused-ring (bicyclic) bond motifs is 13. The van der Waals surface area contributed by atoms with Crippen molar-refractivity contribution in [3.8, 4) is 45.0 Å². The quantitative estimate of drug-likeness (QED) is 0.179. The molecule has 8 aromatic carbocycles. The number of para-hydroxylation sites is 1. The zero-order valence-electron chi connectivity index (χ0n) is 40.8. The molecule has 0 unspecified atom stereocenters. The van der Waals surface area contributed by atoms with Gasteiger partial charge in [0.1, 0.15) is 34.9 Å². The molecule has 0 saturated carbocycles. The largest absolute Gasteiger partial charge is 0.488 e. The van der Waals surface area contributed by atoms with Gasteiger partial charge in [0, 0.05) is 77.7 Å². The topological polar surface area (TPSA) is 52.5 Å². The Bertz CT molecular complexity index is 3940. The first-order chi connectivity index (χ1) is 33.1. The minimum absolute atomic E-state index is 0.0266. The zero-order chi connectivity index (χ0) is 47.3. The lowest BCUT2D eigenvalue weighted by Crippen LogP contribution is -2.38. The van der Waals surface area contributed by atoms with Crippen LogP contribution < -0.4 is 21.0 Å². The minimum atomic E-state index is -0.0608. The van der Waals surface area contributed by atoms with Crippen molar-refractivity contribution in [2.75, 3.05) is 5.32 Å². The van der Waals surface area contributed by atoms with Gasteiger partial charge in [-0.05, 0) is 111 Å². The lowest BCUT2D eigenvalue weighted by atomic mass is 9.57. The average molecular weight is 898 g/mol. The van der Waals surface area contributed by atoms with Gasteiger partial charge in [-0.15, -0.1) is 0 Å². The summed E-state index contributed by atoms with van der Waals surface area (Å²) in [5, 5.41) is 9.69. The number of nitrogens with one attached hydrogen (secondary N) is 1. The van der Waals surface area contributed by atoms with Gasteiger partial charge in [0.25, 0.3) is 0 Å². The first-order valence-electron chi connectivity index (χ1n) is 24.3. The lowest BCUT2D eigenvalue weighted by molar-refractivity contribution is 0.303. The summed E-state index contributed by atoms with van der Waals surface area (Å²) in [7, 11) is 2.42. The molecule has 3 aromatic heterocycles. The van der Waals surface area contributed by atoms with Crippen molar-refractivity contribution in [1.82, 2.24) is 4.57 Å². The van der Waals surface area contributed by atoms with Crippen molar-refractivity contribution in [3.05, 3.63) is 168 Å². The molecule has 0 fully saturated rings. The SMILES string of the molecule is CC(C)(C)c1ccc(Nc2cc3oc4ccc(C(C)(C)C)cc4c3cc2-c2c3c(c4c5cc(C(C)(C)C)ccc5n5c4c2[B]c2cc4oc(-c6ccccc6)cc4cc2-5)-c2ccccc2OC3)cc1. The van der Waals surface area contributed by atoms with Crippen LogP contribution >= 0.6 is 0 Å². The van der Waals surface area contributed by atoms with Crippen LogP contribution in [0, 0.1) is 0 Å². The molecular formula is C63H54BN2O3. The van der Waals surface area contributed by atoms with E-state index in [1.165, 1.54) is 44.1 Å². The van der Waals surface area contributed by atoms with Crippen LogP contribution in [0.3, 0.4) is 0 Å². The second kappa shape index (κ2) is 14.5. The third-order valence-electron chi connectivity index (χ3n) is 14.8. The van der Waals surface area contributed by atoms with Crippen LogP contribution in [0.2, 0.25) is 0 Å². The smallest absolute Gasteiger partial charge is 0.198 e. The van der Waals surface area contributed by atoms with Crippen LogP contribution in [0.5, 0.6) is 5.75 Å². The van der Waals surface area contributed by atoms with Gasteiger partial charge in [-0.25, -0.2) is 0 Å². The maximum atomic E-state index is 6.87. The Morgan fingerprint density at radius 3 is 1.99 bits per heavy atom. The van der Waals surface area contributed by atoms with Gasteiger partial charge in [0.2, 0.25) is 0 Å². The number of furan rings is 2. The normalized spacial score (nSPS) is 13.5. The lowest BCUT2D eigenvalue weighted by Gasteiger charge is -2.30. The van der Waals surface area contributed by atoms with E-state index in [-0.39, 0.29) is 16.2 Å². The molecule has 1 radical (unpaired) electrons. The highest BCUT2D eigenvalue weighted by atomic mass is 16.5. The van der Waals surface area contributed by atoms with Gasteiger partial charge < -0.3 is 23.5 Å². The number of benzene rings is 8. The van der Waals surface area contributed by atoms with E-state index >= 15 is 0 Å². The Morgan fingerprint density at radius 2 is 1.23 bits per heavy atom. The van der Waals surface area contributed by atoms with Crippen LogP contribution in [0.4, 0.5) is 11.4 Å². The highest BCUT2D eigenvalue weighted by Crippen LogP contribution is 2.51. The molecule has 337 valence electrons. The van der Waals surface area contributed by atoms with Gasteiger partial charge in [-0.1, -0.05) is 141 Å². The number of ether oxygens (including phenoxy) is 1. The Kier molecular flexibility index (Phi) is 8.79. The molecule has 69 heavy (non-hydrogen) atoms. The molecule has 11 aromatic rings. The molecule has 0 spiro atoms. The van der Waals surface area contributed by atoms with Crippen molar-refractivity contribution in [2.24, 2.45) is 0 Å². The summed E-state index contributed by atoms with van der Waals surface area (Å²) in [6, 6.07) is 53.1. The zero-order valence-corrected chi connectivity index (χ0v) is 40.8. The van der Waals surface area contributed by atoms with E-state index in [9.17, 15) is 0 Å². The summed E-state index contributed by atoms with van der Waals surface area (Å²) < 4.78 is 22.9. The van der Waals surface area contributed by atoms with Crippen molar-refractivity contribution in [3.63, 3.8) is 0 Å². The second-order valence-electron chi connectivity index (χ2n) is 22.4. The summed E-state index contributed by atoms with van der Waals surface area (Å²) >= 11 is 0. The molecule has 5 heterocycles. The first kappa shape index (κ1) is 41.7. The van der Waals surface area contributed by atoms with Crippen molar-refractivity contribution in [2.45, 2.75) is 85.2 Å². The molecular weight excluding hydrogens is 844 g/mol. The fourth-order valence-electron chi connectivity index (χ4n) is 11.0. The Hall–Kier alpha value is -7.44. The Labute approximate surface area is 404 Å². The van der Waals surface area contributed by atoms with Crippen molar-refractivity contribution in [1.29, 1.82) is 0 Å². The van der Waals surface area contributed by atoms with Crippen molar-refractivity contribution >= 4 is 84.3 Å². The number of aromatic nitrogens is 1. The van der Waals surface area contributed by atoms with Crippen LogP contribution in [-0.2, 0) is 22.9 Å². The van der Waals surface area contributed by atoms with Crippen molar-refractivity contribution < 1.29 is 13.6 Å². The standard InChI is InChI=1S/C63H54BN2O3/c1-61(2,3)37-19-23-40(24-20-37)65-48-33-55-43(42-29-39(63(7,8)9)22-26-52(42)68-55)31-44(48)57-46-34-67-51-18-14-13-17-41(51)56(46)58-45-30-38(62(4,5)6)21-25-49(45)66-50-27-36-28-53(35-15-11-10-12-16-35)69-54(36)32-47(50)64-59(57)60(58)66/h10-33,65H,34H2,1-9H3. The predicted octanol–water partition coefficient (Wildman–Crippen LogP) is 15.9. The van der Waals surface area contributed by atoms with E-state index < -0.39 is 0 Å². The van der Waals surface area contributed by atoms with Crippen LogP contribution in [0.1, 0.15) is 84.6 Å². The summed E-state index contributed by atoms with van der Waals surface area (Å²) in [6.07, 6.45) is 0. The maximum Gasteiger partial charge on any atom is 0.198 e. The fourth-order valence-corrected chi connectivity index (χ4v) is 11.0. The molecule has 1 N–H and O–H groups in total. The van der Waals surface area contributed by atoms with Gasteiger partial charge in [0.05, 0.1) is 11.2 Å². The minimum Gasteiger partial charge on any atom is -0.488 e. The van der Waals surface area contributed by atoms with E-state index in [1.54, 1.807) is 0 Å². The summed E-state index contributed by atoms with van der Waals surface area (Å²) in [6.45, 7) is 20.9. The molecule has 0 aliphatic carbocycles. The fraction of sp³-hybridized carbons (Fsp3) is 0.206. The predicted molar refractivity (Wildman–Crippen MR) is 289 cm³/mol. The summed E-state index contributed by atoms with van der Waals surface area (Å²) in [5.41, 5.74) is 20.8. The van der Waals surface area contributed by atoms with Gasteiger partial charge >= 0.3 is 0 Å². The van der Waals surface area contributed by atoms with Gasteiger partial charge in [0.15, 0.2) is 7.28 Å². The molecule has 0 atom stereocenters. The highest BCUT2D eigenvalue weighted by molar-refractivity contribution is 6.74. The average Bonchev–Trinajstić information content (AvgIpc) is 4.02. The molecule has 2 aliphatic rings.